The summed E-state index contributed by atoms with van der Waals surface area (Å²) in [6.07, 6.45) is 2.89. The third kappa shape index (κ3) is 5.61. The average molecular weight is 485 g/mol. The van der Waals surface area contributed by atoms with Crippen LogP contribution < -0.4 is 0 Å². The van der Waals surface area contributed by atoms with Gasteiger partial charge in [0.1, 0.15) is 17.7 Å². The van der Waals surface area contributed by atoms with Crippen LogP contribution in [0.2, 0.25) is 0 Å². The molecule has 0 radical (unpaired) electrons. The molecule has 192 valence electrons. The number of hydrogen-bond acceptors (Lipinski definition) is 6. The van der Waals surface area contributed by atoms with Gasteiger partial charge in [-0.1, -0.05) is 40.2 Å². The molecule has 6 atom stereocenters. The van der Waals surface area contributed by atoms with Crippen molar-refractivity contribution < 1.29 is 24.2 Å². The summed E-state index contributed by atoms with van der Waals surface area (Å²) < 4.78 is 14.0. The maximum absolute atomic E-state index is 13.2. The molecule has 1 aromatic heterocycles. The molecule has 0 saturated carbocycles. The van der Waals surface area contributed by atoms with E-state index in [1.807, 2.05) is 57.5 Å². The Labute approximate surface area is 208 Å². The fourth-order valence-corrected chi connectivity index (χ4v) is 5.47. The van der Waals surface area contributed by atoms with E-state index in [1.54, 1.807) is 6.92 Å². The van der Waals surface area contributed by atoms with Gasteiger partial charge in [0.25, 0.3) is 0 Å². The second-order valence-electron chi connectivity index (χ2n) is 11.3. The van der Waals surface area contributed by atoms with Gasteiger partial charge in [-0.2, -0.15) is 0 Å². The monoisotopic (exact) mass is 484 g/mol. The van der Waals surface area contributed by atoms with E-state index >= 15 is 0 Å². The standard InChI is InChI=1S/C28H40N2O5/c1-16-8-7-9-22-24(34-22)15-23(19-10-11-21-20(14-19)29-18(3)30(21)6)35-25(31)12-13-28(4,5)27(33)17(2)26(16)32/h10-11,14,16-17,22-24,26,32H,7-9,12-13,15H2,1-6H3. The maximum atomic E-state index is 13.2. The summed E-state index contributed by atoms with van der Waals surface area (Å²) in [5, 5.41) is 10.8. The minimum Gasteiger partial charge on any atom is -0.457 e. The minimum absolute atomic E-state index is 0.00476. The van der Waals surface area contributed by atoms with Crippen LogP contribution in [-0.4, -0.2) is 44.7 Å². The van der Waals surface area contributed by atoms with Gasteiger partial charge in [-0.3, -0.25) is 9.59 Å². The van der Waals surface area contributed by atoms with Gasteiger partial charge in [-0.05, 0) is 49.8 Å². The molecule has 2 aliphatic rings. The normalized spacial score (nSPS) is 32.8. The van der Waals surface area contributed by atoms with Crippen molar-refractivity contribution in [3.63, 3.8) is 0 Å². The van der Waals surface area contributed by atoms with E-state index in [1.165, 1.54) is 0 Å². The average Bonchev–Trinajstić information content (AvgIpc) is 3.50. The number of rotatable bonds is 1. The first-order valence-electron chi connectivity index (χ1n) is 13.0. The van der Waals surface area contributed by atoms with E-state index in [2.05, 4.69) is 4.98 Å². The first-order valence-corrected chi connectivity index (χ1v) is 13.0. The van der Waals surface area contributed by atoms with Crippen LogP contribution in [0.4, 0.5) is 0 Å². The van der Waals surface area contributed by atoms with E-state index in [4.69, 9.17) is 9.47 Å². The Morgan fingerprint density at radius 1 is 1.14 bits per heavy atom. The zero-order chi connectivity index (χ0) is 25.5. The van der Waals surface area contributed by atoms with E-state index in [9.17, 15) is 14.7 Å². The van der Waals surface area contributed by atoms with Crippen molar-refractivity contribution in [2.45, 2.75) is 97.6 Å². The number of aliphatic hydroxyl groups excluding tert-OH is 1. The number of fused-ring (bicyclic) bond motifs is 2. The van der Waals surface area contributed by atoms with Gasteiger partial charge in [-0.15, -0.1) is 0 Å². The molecule has 6 unspecified atom stereocenters. The maximum Gasteiger partial charge on any atom is 0.306 e. The first kappa shape index (κ1) is 25.8. The van der Waals surface area contributed by atoms with E-state index in [0.29, 0.717) is 12.8 Å². The van der Waals surface area contributed by atoms with Crippen molar-refractivity contribution in [3.8, 4) is 0 Å². The summed E-state index contributed by atoms with van der Waals surface area (Å²) in [4.78, 5) is 30.8. The molecule has 4 rings (SSSR count). The lowest BCUT2D eigenvalue weighted by atomic mass is 9.74. The molecular formula is C28H40N2O5. The minimum atomic E-state index is -0.721. The molecule has 2 aliphatic heterocycles. The highest BCUT2D eigenvalue weighted by Gasteiger charge is 2.42. The number of nitrogens with zero attached hydrogens (tertiary/aromatic N) is 2. The topological polar surface area (TPSA) is 94.0 Å². The van der Waals surface area contributed by atoms with Crippen LogP contribution >= 0.6 is 0 Å². The van der Waals surface area contributed by atoms with Gasteiger partial charge in [0, 0.05) is 31.2 Å². The molecule has 7 heteroatoms. The van der Waals surface area contributed by atoms with Crippen LogP contribution in [0.25, 0.3) is 11.0 Å². The lowest BCUT2D eigenvalue weighted by Crippen LogP contribution is -2.39. The van der Waals surface area contributed by atoms with Crippen molar-refractivity contribution in [1.82, 2.24) is 9.55 Å². The van der Waals surface area contributed by atoms with Gasteiger partial charge in [0.05, 0.1) is 29.3 Å². The number of benzene rings is 1. The fraction of sp³-hybridized carbons (Fsp3) is 0.679. The summed E-state index contributed by atoms with van der Waals surface area (Å²) in [6.45, 7) is 9.50. The van der Waals surface area contributed by atoms with E-state index in [-0.39, 0.29) is 36.3 Å². The van der Waals surface area contributed by atoms with Gasteiger partial charge in [0.15, 0.2) is 0 Å². The quantitative estimate of drug-likeness (QED) is 0.461. The number of aromatic nitrogens is 2. The molecule has 0 bridgehead atoms. The number of Topliss-reactive ketones (excluding diaryl/α,β-unsaturated/α-hetero) is 1. The third-order valence-corrected chi connectivity index (χ3v) is 8.19. The fourth-order valence-electron chi connectivity index (χ4n) is 5.47. The zero-order valence-corrected chi connectivity index (χ0v) is 21.9. The highest BCUT2D eigenvalue weighted by Crippen LogP contribution is 2.39. The summed E-state index contributed by atoms with van der Waals surface area (Å²) in [6, 6.07) is 6.04. The molecule has 0 amide bonds. The Bertz CT molecular complexity index is 1090. The van der Waals surface area contributed by atoms with E-state index < -0.39 is 23.5 Å². The number of aliphatic hydroxyl groups is 1. The lowest BCUT2D eigenvalue weighted by molar-refractivity contribution is -0.151. The van der Waals surface area contributed by atoms with Gasteiger partial charge >= 0.3 is 5.97 Å². The number of carbonyl (C=O) groups is 2. The van der Waals surface area contributed by atoms with E-state index in [0.717, 1.165) is 41.7 Å². The Balaban J connectivity index is 1.56. The number of ketones is 1. The number of hydrogen-bond donors (Lipinski definition) is 1. The number of imidazole rings is 1. The van der Waals surface area contributed by atoms with Crippen LogP contribution in [-0.2, 0) is 26.1 Å². The molecule has 3 heterocycles. The van der Waals surface area contributed by atoms with Crippen molar-refractivity contribution in [3.05, 3.63) is 29.6 Å². The number of carbonyl (C=O) groups excluding carboxylic acids is 2. The predicted octanol–water partition coefficient (Wildman–Crippen LogP) is 4.82. The molecule has 2 saturated heterocycles. The zero-order valence-electron chi connectivity index (χ0n) is 21.9. The number of esters is 1. The van der Waals surface area contributed by atoms with Crippen molar-refractivity contribution in [2.24, 2.45) is 24.3 Å². The summed E-state index contributed by atoms with van der Waals surface area (Å²) in [5.41, 5.74) is 2.12. The van der Waals surface area contributed by atoms with Crippen LogP contribution in [0, 0.1) is 24.2 Å². The molecule has 0 aliphatic carbocycles. The third-order valence-electron chi connectivity index (χ3n) is 8.19. The summed E-state index contributed by atoms with van der Waals surface area (Å²) in [5.74, 6) is 0.156. The van der Waals surface area contributed by atoms with Crippen LogP contribution in [0.15, 0.2) is 18.2 Å². The van der Waals surface area contributed by atoms with Gasteiger partial charge < -0.3 is 19.1 Å². The SMILES string of the molecule is Cc1nc2cc(C3CC4OC4CCCC(C)C(O)C(C)C(=O)C(C)(C)CCC(=O)O3)ccc2n1C. The number of aryl methyl sites for hydroxylation is 2. The highest BCUT2D eigenvalue weighted by molar-refractivity contribution is 5.87. The number of cyclic esters (lactones) is 1. The largest absolute Gasteiger partial charge is 0.457 e. The van der Waals surface area contributed by atoms with Crippen LogP contribution in [0.5, 0.6) is 0 Å². The van der Waals surface area contributed by atoms with Crippen LogP contribution in [0.3, 0.4) is 0 Å². The predicted molar refractivity (Wildman–Crippen MR) is 134 cm³/mol. The molecule has 2 aromatic rings. The van der Waals surface area contributed by atoms with Gasteiger partial charge in [-0.25, -0.2) is 4.98 Å². The lowest BCUT2D eigenvalue weighted by Gasteiger charge is -2.31. The number of ether oxygens (including phenoxy) is 2. The summed E-state index contributed by atoms with van der Waals surface area (Å²) in [7, 11) is 1.99. The first-order chi connectivity index (χ1) is 16.5. The Morgan fingerprint density at radius 3 is 2.63 bits per heavy atom. The second-order valence-corrected chi connectivity index (χ2v) is 11.3. The smallest absolute Gasteiger partial charge is 0.306 e. The number of epoxide rings is 1. The molecule has 1 N–H and O–H groups in total. The van der Waals surface area contributed by atoms with Crippen molar-refractivity contribution >= 4 is 22.8 Å². The van der Waals surface area contributed by atoms with Crippen LogP contribution in [0.1, 0.15) is 83.7 Å². The molecular weight excluding hydrogens is 444 g/mol. The highest BCUT2D eigenvalue weighted by atomic mass is 16.6. The Kier molecular flexibility index (Phi) is 7.39. The molecule has 7 nitrogen and oxygen atoms in total. The molecule has 0 spiro atoms. The molecule has 1 aromatic carbocycles. The van der Waals surface area contributed by atoms with Gasteiger partial charge in [0.2, 0.25) is 0 Å². The molecule has 2 fully saturated rings. The summed E-state index contributed by atoms with van der Waals surface area (Å²) >= 11 is 0. The van der Waals surface area contributed by atoms with Crippen molar-refractivity contribution in [2.75, 3.05) is 0 Å². The Hall–Kier alpha value is -2.25. The molecule has 35 heavy (non-hydrogen) atoms. The Morgan fingerprint density at radius 2 is 1.89 bits per heavy atom. The second kappa shape index (κ2) is 10.0. The van der Waals surface area contributed by atoms with Crippen molar-refractivity contribution in [1.29, 1.82) is 0 Å².